The van der Waals surface area contributed by atoms with Crippen molar-refractivity contribution in [1.82, 2.24) is 5.32 Å². The van der Waals surface area contributed by atoms with Gasteiger partial charge in [0.05, 0.1) is 0 Å². The molecule has 0 aliphatic carbocycles. The summed E-state index contributed by atoms with van der Waals surface area (Å²) in [6, 6.07) is 9.90. The first-order chi connectivity index (χ1) is 9.20. The molecule has 0 atom stereocenters. The minimum atomic E-state index is 0.195. The average Bonchev–Trinajstić information content (AvgIpc) is 2.82. The third kappa shape index (κ3) is 4.00. The van der Waals surface area contributed by atoms with Crippen LogP contribution >= 0.6 is 27.3 Å². The fourth-order valence-electron chi connectivity index (χ4n) is 1.97. The molecule has 2 aromatic rings. The van der Waals surface area contributed by atoms with Gasteiger partial charge in [-0.25, -0.2) is 0 Å². The number of nitrogens with one attached hydrogen (secondary N) is 1. The summed E-state index contributed by atoms with van der Waals surface area (Å²) < 4.78 is 1.05. The van der Waals surface area contributed by atoms with Crippen LogP contribution < -0.4 is 5.32 Å². The standard InChI is InChI=1S/C15H16BrNOS/c1-17-7-6-11-4-2-3-5-14(11)15(18)9-13-8-12(16)10-19-13/h2-5,8,10,17H,6-7,9H2,1H3. The molecule has 0 spiro atoms. The Bertz CT molecular complexity index is 565. The molecule has 19 heavy (non-hydrogen) atoms. The number of benzene rings is 1. The van der Waals surface area contributed by atoms with Gasteiger partial charge < -0.3 is 5.32 Å². The zero-order chi connectivity index (χ0) is 13.7. The fraction of sp³-hybridized carbons (Fsp3) is 0.267. The van der Waals surface area contributed by atoms with E-state index in [0.29, 0.717) is 6.42 Å². The molecule has 2 rings (SSSR count). The summed E-state index contributed by atoms with van der Waals surface area (Å²) in [6.45, 7) is 0.884. The molecule has 0 amide bonds. The SMILES string of the molecule is CNCCc1ccccc1C(=O)Cc1cc(Br)cs1. The number of carbonyl (C=O) groups excluding carboxylic acids is 1. The van der Waals surface area contributed by atoms with Crippen LogP contribution in [-0.4, -0.2) is 19.4 Å². The number of rotatable bonds is 6. The second kappa shape index (κ2) is 6.98. The number of carbonyl (C=O) groups is 1. The van der Waals surface area contributed by atoms with Crippen molar-refractivity contribution in [3.05, 3.63) is 56.2 Å². The van der Waals surface area contributed by atoms with Crippen LogP contribution in [0.15, 0.2) is 40.2 Å². The lowest BCUT2D eigenvalue weighted by atomic mass is 9.99. The molecule has 0 unspecified atom stereocenters. The summed E-state index contributed by atoms with van der Waals surface area (Å²) in [5.41, 5.74) is 1.97. The van der Waals surface area contributed by atoms with Crippen LogP contribution in [0.4, 0.5) is 0 Å². The molecule has 0 saturated carbocycles. The van der Waals surface area contributed by atoms with Crippen LogP contribution in [0.25, 0.3) is 0 Å². The van der Waals surface area contributed by atoms with Crippen molar-refractivity contribution < 1.29 is 4.79 Å². The summed E-state index contributed by atoms with van der Waals surface area (Å²) in [5.74, 6) is 0.195. The smallest absolute Gasteiger partial charge is 0.168 e. The molecule has 1 aromatic heterocycles. The lowest BCUT2D eigenvalue weighted by Crippen LogP contribution is -2.13. The van der Waals surface area contributed by atoms with E-state index in [1.54, 1.807) is 11.3 Å². The van der Waals surface area contributed by atoms with E-state index in [9.17, 15) is 4.79 Å². The Balaban J connectivity index is 2.14. The minimum Gasteiger partial charge on any atom is -0.319 e. The highest BCUT2D eigenvalue weighted by atomic mass is 79.9. The van der Waals surface area contributed by atoms with Crippen molar-refractivity contribution in [3.8, 4) is 0 Å². The van der Waals surface area contributed by atoms with E-state index >= 15 is 0 Å². The molecule has 1 N–H and O–H groups in total. The van der Waals surface area contributed by atoms with Crippen LogP contribution in [-0.2, 0) is 12.8 Å². The van der Waals surface area contributed by atoms with Gasteiger partial charge in [-0.3, -0.25) is 4.79 Å². The molecule has 0 radical (unpaired) electrons. The van der Waals surface area contributed by atoms with Crippen molar-refractivity contribution in [2.75, 3.05) is 13.6 Å². The Hall–Kier alpha value is -0.970. The van der Waals surface area contributed by atoms with Gasteiger partial charge in [0.1, 0.15) is 0 Å². The highest BCUT2D eigenvalue weighted by molar-refractivity contribution is 9.10. The molecule has 0 fully saturated rings. The van der Waals surface area contributed by atoms with Crippen LogP contribution in [0.2, 0.25) is 0 Å². The Morgan fingerprint density at radius 1 is 1.37 bits per heavy atom. The van der Waals surface area contributed by atoms with Gasteiger partial charge >= 0.3 is 0 Å². The van der Waals surface area contributed by atoms with Crippen LogP contribution in [0.5, 0.6) is 0 Å². The van der Waals surface area contributed by atoms with Gasteiger partial charge in [-0.15, -0.1) is 11.3 Å². The highest BCUT2D eigenvalue weighted by Crippen LogP contribution is 2.22. The zero-order valence-corrected chi connectivity index (χ0v) is 13.2. The molecule has 100 valence electrons. The van der Waals surface area contributed by atoms with Gasteiger partial charge in [-0.2, -0.15) is 0 Å². The zero-order valence-electron chi connectivity index (χ0n) is 10.8. The Labute approximate surface area is 126 Å². The number of hydrogen-bond acceptors (Lipinski definition) is 3. The maximum absolute atomic E-state index is 12.4. The third-order valence-corrected chi connectivity index (χ3v) is 4.62. The summed E-state index contributed by atoms with van der Waals surface area (Å²) in [7, 11) is 1.92. The molecular weight excluding hydrogens is 322 g/mol. The lowest BCUT2D eigenvalue weighted by molar-refractivity contribution is 0.0993. The number of likely N-dealkylation sites (N-methyl/N-ethyl adjacent to an activating group) is 1. The Morgan fingerprint density at radius 3 is 2.84 bits per heavy atom. The topological polar surface area (TPSA) is 29.1 Å². The van der Waals surface area contributed by atoms with Crippen LogP contribution in [0, 0.1) is 0 Å². The number of halogens is 1. The predicted octanol–water partition coefficient (Wildman–Crippen LogP) is 3.70. The Kier molecular flexibility index (Phi) is 5.31. The largest absolute Gasteiger partial charge is 0.319 e. The van der Waals surface area contributed by atoms with Crippen LogP contribution in [0.1, 0.15) is 20.8 Å². The van der Waals surface area contributed by atoms with Gasteiger partial charge in [-0.1, -0.05) is 24.3 Å². The minimum absolute atomic E-state index is 0.195. The van der Waals surface area contributed by atoms with Gasteiger partial charge in [0, 0.05) is 26.7 Å². The fourth-order valence-corrected chi connectivity index (χ4v) is 3.42. The van der Waals surface area contributed by atoms with E-state index in [2.05, 4.69) is 21.2 Å². The van der Waals surface area contributed by atoms with E-state index in [1.165, 1.54) is 0 Å². The van der Waals surface area contributed by atoms with Crippen molar-refractivity contribution in [2.24, 2.45) is 0 Å². The number of hydrogen-bond donors (Lipinski definition) is 1. The normalized spacial score (nSPS) is 10.6. The molecule has 1 heterocycles. The first kappa shape index (κ1) is 14.4. The van der Waals surface area contributed by atoms with Gasteiger partial charge in [0.15, 0.2) is 5.78 Å². The predicted molar refractivity (Wildman–Crippen MR) is 84.1 cm³/mol. The summed E-state index contributed by atoms with van der Waals surface area (Å²) in [4.78, 5) is 13.5. The lowest BCUT2D eigenvalue weighted by Gasteiger charge is -2.07. The molecule has 2 nitrogen and oxygen atoms in total. The second-order valence-corrected chi connectivity index (χ2v) is 6.25. The van der Waals surface area contributed by atoms with E-state index in [1.807, 2.05) is 42.8 Å². The monoisotopic (exact) mass is 337 g/mol. The summed E-state index contributed by atoms with van der Waals surface area (Å²) in [5, 5.41) is 5.13. The third-order valence-electron chi connectivity index (χ3n) is 2.92. The molecule has 0 saturated heterocycles. The van der Waals surface area contributed by atoms with E-state index in [0.717, 1.165) is 33.4 Å². The highest BCUT2D eigenvalue weighted by Gasteiger charge is 2.12. The number of ketones is 1. The van der Waals surface area contributed by atoms with E-state index in [4.69, 9.17) is 0 Å². The first-order valence-corrected chi connectivity index (χ1v) is 7.86. The molecule has 0 aliphatic heterocycles. The van der Waals surface area contributed by atoms with Crippen molar-refractivity contribution >= 4 is 33.0 Å². The molecule has 4 heteroatoms. The second-order valence-electron chi connectivity index (χ2n) is 4.34. The Morgan fingerprint density at radius 2 is 2.16 bits per heavy atom. The molecule has 1 aromatic carbocycles. The molecule has 0 bridgehead atoms. The van der Waals surface area contributed by atoms with Crippen molar-refractivity contribution in [2.45, 2.75) is 12.8 Å². The maximum Gasteiger partial charge on any atom is 0.168 e. The van der Waals surface area contributed by atoms with Gasteiger partial charge in [-0.05, 0) is 47.6 Å². The molecule has 0 aliphatic rings. The average molecular weight is 338 g/mol. The summed E-state index contributed by atoms with van der Waals surface area (Å²) >= 11 is 5.03. The number of thiophene rings is 1. The first-order valence-electron chi connectivity index (χ1n) is 6.19. The van der Waals surface area contributed by atoms with Gasteiger partial charge in [0.25, 0.3) is 0 Å². The van der Waals surface area contributed by atoms with Crippen LogP contribution in [0.3, 0.4) is 0 Å². The van der Waals surface area contributed by atoms with Crippen molar-refractivity contribution in [1.29, 1.82) is 0 Å². The number of Topliss-reactive ketones (excluding diaryl/α,β-unsaturated/α-hetero) is 1. The van der Waals surface area contributed by atoms with Gasteiger partial charge in [0.2, 0.25) is 0 Å². The van der Waals surface area contributed by atoms with E-state index < -0.39 is 0 Å². The maximum atomic E-state index is 12.4. The quantitative estimate of drug-likeness (QED) is 0.814. The van der Waals surface area contributed by atoms with E-state index in [-0.39, 0.29) is 5.78 Å². The molecular formula is C15H16BrNOS. The van der Waals surface area contributed by atoms with Crippen molar-refractivity contribution in [3.63, 3.8) is 0 Å². The summed E-state index contributed by atoms with van der Waals surface area (Å²) in [6.07, 6.45) is 1.36.